The van der Waals surface area contributed by atoms with Crippen molar-refractivity contribution in [3.63, 3.8) is 0 Å². The maximum atomic E-state index is 12.4. The lowest BCUT2D eigenvalue weighted by molar-refractivity contribution is 0.0998. The Bertz CT molecular complexity index is 1120. The van der Waals surface area contributed by atoms with Crippen molar-refractivity contribution in [2.45, 2.75) is 13.5 Å². The maximum Gasteiger partial charge on any atom is 0.291 e. The summed E-state index contributed by atoms with van der Waals surface area (Å²) < 4.78 is 7.09. The van der Waals surface area contributed by atoms with Crippen molar-refractivity contribution in [3.05, 3.63) is 71.0 Å². The van der Waals surface area contributed by atoms with Gasteiger partial charge in [-0.05, 0) is 37.3 Å². The topological polar surface area (TPSA) is 77.1 Å². The fourth-order valence-corrected chi connectivity index (χ4v) is 2.75. The van der Waals surface area contributed by atoms with Gasteiger partial charge in [0.15, 0.2) is 5.76 Å². The molecule has 0 bridgehead atoms. The Morgan fingerprint density at radius 2 is 2.04 bits per heavy atom. The molecule has 6 nitrogen and oxygen atoms in total. The molecule has 1 N–H and O–H groups in total. The van der Waals surface area contributed by atoms with E-state index in [9.17, 15) is 9.59 Å². The Labute approximate surface area is 142 Å². The van der Waals surface area contributed by atoms with Crippen molar-refractivity contribution in [1.29, 1.82) is 0 Å². The Hall–Kier alpha value is -3.41. The summed E-state index contributed by atoms with van der Waals surface area (Å²) >= 11 is 0. The molecule has 0 atom stereocenters. The summed E-state index contributed by atoms with van der Waals surface area (Å²) in [4.78, 5) is 28.9. The number of furan rings is 1. The number of carbonyl (C=O) groups is 1. The Kier molecular flexibility index (Phi) is 3.57. The number of amides is 1. The summed E-state index contributed by atoms with van der Waals surface area (Å²) in [6.07, 6.45) is 1.51. The smallest absolute Gasteiger partial charge is 0.291 e. The van der Waals surface area contributed by atoms with Crippen molar-refractivity contribution in [2.24, 2.45) is 0 Å². The number of hydrogen-bond donors (Lipinski definition) is 1. The molecule has 2 aromatic carbocycles. The molecular weight excluding hydrogens is 318 g/mol. The Morgan fingerprint density at radius 1 is 1.20 bits per heavy atom. The zero-order chi connectivity index (χ0) is 17.4. The van der Waals surface area contributed by atoms with Crippen LogP contribution in [0.15, 0.2) is 64.1 Å². The number of nitrogens with zero attached hydrogens (tertiary/aromatic N) is 2. The highest BCUT2D eigenvalue weighted by atomic mass is 16.3. The van der Waals surface area contributed by atoms with Crippen LogP contribution >= 0.6 is 0 Å². The minimum Gasteiger partial charge on any atom is -0.451 e. The minimum atomic E-state index is -0.350. The Morgan fingerprint density at radius 3 is 2.84 bits per heavy atom. The van der Waals surface area contributed by atoms with E-state index >= 15 is 0 Å². The standard InChI is InChI=1S/C19H15N3O3/c1-2-22-11-20-15-10-13(7-8-14(15)19(22)24)21-18(23)17-9-12-5-3-4-6-16(12)25-17/h3-11H,2H2,1H3,(H,21,23). The van der Waals surface area contributed by atoms with Gasteiger partial charge in [0, 0.05) is 17.6 Å². The molecule has 0 unspecified atom stereocenters. The van der Waals surface area contributed by atoms with Gasteiger partial charge >= 0.3 is 0 Å². The fraction of sp³-hybridized carbons (Fsp3) is 0.105. The first-order valence-electron chi connectivity index (χ1n) is 7.95. The number of carbonyl (C=O) groups excluding carboxylic acids is 1. The summed E-state index contributed by atoms with van der Waals surface area (Å²) in [6.45, 7) is 2.45. The molecule has 0 fully saturated rings. The monoisotopic (exact) mass is 333 g/mol. The molecule has 0 aliphatic carbocycles. The van der Waals surface area contributed by atoms with Gasteiger partial charge in [-0.25, -0.2) is 4.98 Å². The third kappa shape index (κ3) is 2.67. The maximum absolute atomic E-state index is 12.4. The normalized spacial score (nSPS) is 11.1. The van der Waals surface area contributed by atoms with E-state index in [1.165, 1.54) is 10.9 Å². The fourth-order valence-electron chi connectivity index (χ4n) is 2.75. The predicted molar refractivity (Wildman–Crippen MR) is 95.8 cm³/mol. The van der Waals surface area contributed by atoms with Gasteiger partial charge in [0.05, 0.1) is 17.2 Å². The molecule has 6 heteroatoms. The average Bonchev–Trinajstić information content (AvgIpc) is 3.06. The summed E-state index contributed by atoms with van der Waals surface area (Å²) in [5.74, 6) is -0.117. The van der Waals surface area contributed by atoms with Gasteiger partial charge in [-0.3, -0.25) is 14.2 Å². The number of rotatable bonds is 3. The summed E-state index contributed by atoms with van der Waals surface area (Å²) in [6, 6.07) is 14.2. The molecule has 25 heavy (non-hydrogen) atoms. The first-order chi connectivity index (χ1) is 12.2. The van der Waals surface area contributed by atoms with E-state index in [2.05, 4.69) is 10.3 Å². The lowest BCUT2D eigenvalue weighted by atomic mass is 10.2. The molecule has 0 spiro atoms. The molecule has 2 aromatic heterocycles. The second-order valence-electron chi connectivity index (χ2n) is 5.67. The van der Waals surface area contributed by atoms with Crippen LogP contribution < -0.4 is 10.9 Å². The van der Waals surface area contributed by atoms with Gasteiger partial charge in [0.2, 0.25) is 0 Å². The number of para-hydroxylation sites is 1. The number of benzene rings is 2. The van der Waals surface area contributed by atoms with Crippen molar-refractivity contribution in [1.82, 2.24) is 9.55 Å². The summed E-state index contributed by atoms with van der Waals surface area (Å²) in [5.41, 5.74) is 1.66. The summed E-state index contributed by atoms with van der Waals surface area (Å²) in [5, 5.41) is 4.17. The van der Waals surface area contributed by atoms with E-state index in [4.69, 9.17) is 4.42 Å². The molecule has 0 radical (unpaired) electrons. The third-order valence-electron chi connectivity index (χ3n) is 4.07. The van der Waals surface area contributed by atoms with Crippen molar-refractivity contribution in [2.75, 3.05) is 5.32 Å². The van der Waals surface area contributed by atoms with Crippen LogP contribution in [0.2, 0.25) is 0 Å². The zero-order valence-electron chi connectivity index (χ0n) is 13.5. The molecule has 0 aliphatic heterocycles. The number of aromatic nitrogens is 2. The van der Waals surface area contributed by atoms with Gasteiger partial charge in [-0.2, -0.15) is 0 Å². The van der Waals surface area contributed by atoms with Crippen LogP contribution in [0, 0.1) is 0 Å². The van der Waals surface area contributed by atoms with Gasteiger partial charge in [-0.1, -0.05) is 18.2 Å². The predicted octanol–water partition coefficient (Wildman–Crippen LogP) is 3.41. The van der Waals surface area contributed by atoms with E-state index < -0.39 is 0 Å². The highest BCUT2D eigenvalue weighted by Crippen LogP contribution is 2.21. The third-order valence-corrected chi connectivity index (χ3v) is 4.07. The second kappa shape index (κ2) is 5.90. The van der Waals surface area contributed by atoms with Gasteiger partial charge in [0.25, 0.3) is 11.5 Å². The van der Waals surface area contributed by atoms with Crippen LogP contribution in [-0.2, 0) is 6.54 Å². The average molecular weight is 333 g/mol. The molecule has 2 heterocycles. The first-order valence-corrected chi connectivity index (χ1v) is 7.95. The van der Waals surface area contributed by atoms with Crippen molar-refractivity contribution < 1.29 is 9.21 Å². The SMILES string of the molecule is CCn1cnc2cc(NC(=O)c3cc4ccccc4o3)ccc2c1=O. The van der Waals surface area contributed by atoms with Crippen LogP contribution in [0.1, 0.15) is 17.5 Å². The van der Waals surface area contributed by atoms with Gasteiger partial charge in [0.1, 0.15) is 5.58 Å². The van der Waals surface area contributed by atoms with Crippen LogP contribution in [0.4, 0.5) is 5.69 Å². The van der Waals surface area contributed by atoms with E-state index in [1.54, 1.807) is 24.3 Å². The molecule has 1 amide bonds. The van der Waals surface area contributed by atoms with Crippen molar-refractivity contribution in [3.8, 4) is 0 Å². The highest BCUT2D eigenvalue weighted by molar-refractivity contribution is 6.05. The number of anilines is 1. The molecule has 0 aliphatic rings. The van der Waals surface area contributed by atoms with E-state index in [-0.39, 0.29) is 17.2 Å². The molecule has 0 saturated heterocycles. The molecule has 4 aromatic rings. The molecular formula is C19H15N3O3. The van der Waals surface area contributed by atoms with Crippen LogP contribution in [0.5, 0.6) is 0 Å². The number of nitrogens with one attached hydrogen (secondary N) is 1. The molecule has 124 valence electrons. The second-order valence-corrected chi connectivity index (χ2v) is 5.67. The van der Waals surface area contributed by atoms with Crippen LogP contribution in [0.3, 0.4) is 0 Å². The zero-order valence-corrected chi connectivity index (χ0v) is 13.5. The van der Waals surface area contributed by atoms with Gasteiger partial charge in [-0.15, -0.1) is 0 Å². The quantitative estimate of drug-likeness (QED) is 0.623. The minimum absolute atomic E-state index is 0.0948. The highest BCUT2D eigenvalue weighted by Gasteiger charge is 2.13. The Balaban J connectivity index is 1.65. The first kappa shape index (κ1) is 15.1. The lowest BCUT2D eigenvalue weighted by Gasteiger charge is -2.06. The van der Waals surface area contributed by atoms with Gasteiger partial charge < -0.3 is 9.73 Å². The van der Waals surface area contributed by atoms with E-state index in [0.29, 0.717) is 28.7 Å². The van der Waals surface area contributed by atoms with Crippen LogP contribution in [-0.4, -0.2) is 15.5 Å². The van der Waals surface area contributed by atoms with E-state index in [1.807, 2.05) is 31.2 Å². The number of aryl methyl sites for hydroxylation is 1. The van der Waals surface area contributed by atoms with E-state index in [0.717, 1.165) is 5.39 Å². The lowest BCUT2D eigenvalue weighted by Crippen LogP contribution is -2.19. The largest absolute Gasteiger partial charge is 0.451 e. The number of fused-ring (bicyclic) bond motifs is 2. The number of hydrogen-bond acceptors (Lipinski definition) is 4. The summed E-state index contributed by atoms with van der Waals surface area (Å²) in [7, 11) is 0. The van der Waals surface area contributed by atoms with Crippen molar-refractivity contribution >= 4 is 33.5 Å². The molecule has 4 rings (SSSR count). The van der Waals surface area contributed by atoms with Crippen LogP contribution in [0.25, 0.3) is 21.9 Å². The molecule has 0 saturated carbocycles.